The second-order valence-electron chi connectivity index (χ2n) is 6.36. The second-order valence-corrected chi connectivity index (χ2v) is 6.36. The summed E-state index contributed by atoms with van der Waals surface area (Å²) in [4.78, 5) is 37.8. The van der Waals surface area contributed by atoms with Crippen molar-refractivity contribution in [2.24, 2.45) is 0 Å². The van der Waals surface area contributed by atoms with Gasteiger partial charge in [-0.15, -0.1) is 0 Å². The molecule has 0 fully saturated rings. The molecule has 0 aliphatic carbocycles. The largest absolute Gasteiger partial charge is 0.322 e. The van der Waals surface area contributed by atoms with Gasteiger partial charge in [-0.05, 0) is 18.6 Å². The number of aryl methyl sites for hydroxylation is 1. The fourth-order valence-corrected chi connectivity index (χ4v) is 2.93. The highest BCUT2D eigenvalue weighted by molar-refractivity contribution is 5.90. The summed E-state index contributed by atoms with van der Waals surface area (Å²) < 4.78 is 1.29. The Labute approximate surface area is 160 Å². The molecule has 4 rings (SSSR count). The highest BCUT2D eigenvalue weighted by atomic mass is 16.2. The lowest BCUT2D eigenvalue weighted by Crippen LogP contribution is -2.28. The number of anilines is 1. The Hall–Kier alpha value is -3.87. The quantitative estimate of drug-likeness (QED) is 0.596. The maximum absolute atomic E-state index is 12.6. The minimum absolute atomic E-state index is 0.143. The van der Waals surface area contributed by atoms with Gasteiger partial charge in [0.25, 0.3) is 5.56 Å². The van der Waals surface area contributed by atoms with Crippen molar-refractivity contribution in [3.8, 4) is 11.4 Å². The summed E-state index contributed by atoms with van der Waals surface area (Å²) in [5, 5.41) is 3.20. The Balaban J connectivity index is 1.50. The van der Waals surface area contributed by atoms with Crippen LogP contribution >= 0.6 is 0 Å². The van der Waals surface area contributed by atoms with Crippen molar-refractivity contribution in [3.05, 3.63) is 83.2 Å². The number of aromatic nitrogens is 4. The molecule has 28 heavy (non-hydrogen) atoms. The lowest BCUT2D eigenvalue weighted by atomic mass is 10.1. The van der Waals surface area contributed by atoms with Crippen LogP contribution in [0.3, 0.4) is 0 Å². The zero-order valence-electron chi connectivity index (χ0n) is 15.2. The van der Waals surface area contributed by atoms with Gasteiger partial charge >= 0.3 is 0 Å². The van der Waals surface area contributed by atoms with Gasteiger partial charge in [0.2, 0.25) is 5.91 Å². The Morgan fingerprint density at radius 2 is 1.75 bits per heavy atom. The summed E-state index contributed by atoms with van der Waals surface area (Å²) in [5.41, 5.74) is 2.67. The average molecular weight is 371 g/mol. The first-order valence-electron chi connectivity index (χ1n) is 8.74. The van der Waals surface area contributed by atoms with Crippen molar-refractivity contribution in [2.75, 3.05) is 5.32 Å². The van der Waals surface area contributed by atoms with Crippen molar-refractivity contribution >= 4 is 22.5 Å². The van der Waals surface area contributed by atoms with Gasteiger partial charge in [0, 0.05) is 5.56 Å². The number of para-hydroxylation sites is 1. The Morgan fingerprint density at radius 3 is 2.50 bits per heavy atom. The van der Waals surface area contributed by atoms with Crippen LogP contribution in [0.15, 0.2) is 72.0 Å². The van der Waals surface area contributed by atoms with Crippen LogP contribution in [0.25, 0.3) is 22.3 Å². The molecule has 4 aromatic rings. The van der Waals surface area contributed by atoms with Gasteiger partial charge in [0.1, 0.15) is 6.54 Å². The fraction of sp³-hybridized carbons (Fsp3) is 0.0952. The molecule has 1 N–H and O–H groups in total. The normalized spacial score (nSPS) is 10.8. The van der Waals surface area contributed by atoms with E-state index in [0.29, 0.717) is 22.4 Å². The van der Waals surface area contributed by atoms with E-state index in [9.17, 15) is 9.59 Å². The average Bonchev–Trinajstić information content (AvgIpc) is 2.72. The number of benzene rings is 2. The Morgan fingerprint density at radius 1 is 1.00 bits per heavy atom. The second kappa shape index (κ2) is 7.40. The van der Waals surface area contributed by atoms with Crippen LogP contribution in [0.4, 0.5) is 5.69 Å². The molecule has 0 spiro atoms. The molecular weight excluding hydrogens is 354 g/mol. The summed E-state index contributed by atoms with van der Waals surface area (Å²) >= 11 is 0. The van der Waals surface area contributed by atoms with Gasteiger partial charge in [0.15, 0.2) is 5.82 Å². The van der Waals surface area contributed by atoms with Gasteiger partial charge in [0.05, 0.1) is 35.3 Å². The molecule has 0 atom stereocenters. The predicted octanol–water partition coefficient (Wildman–Crippen LogP) is 2.80. The number of amides is 1. The number of nitrogens with one attached hydrogen (secondary N) is 1. The van der Waals surface area contributed by atoms with E-state index in [-0.39, 0.29) is 18.0 Å². The lowest BCUT2D eigenvalue weighted by Gasteiger charge is -2.09. The molecule has 2 heterocycles. The molecule has 0 saturated carbocycles. The van der Waals surface area contributed by atoms with E-state index in [0.717, 1.165) is 11.1 Å². The molecule has 0 bridgehead atoms. The standard InChI is InChI=1S/C21H17N5O2/c1-14-6-5-9-17-19(14)24-13-26(21(17)28)12-18(27)25-16-10-22-20(23-11-16)15-7-3-2-4-8-15/h2-11,13H,12H2,1H3,(H,25,27). The molecule has 7 heteroatoms. The molecule has 0 radical (unpaired) electrons. The third-order valence-corrected chi connectivity index (χ3v) is 4.34. The van der Waals surface area contributed by atoms with E-state index in [1.165, 1.54) is 23.3 Å². The van der Waals surface area contributed by atoms with E-state index in [1.807, 2.05) is 43.3 Å². The number of fused-ring (bicyclic) bond motifs is 1. The molecule has 138 valence electrons. The third kappa shape index (κ3) is 3.50. The zero-order valence-corrected chi connectivity index (χ0v) is 15.2. The van der Waals surface area contributed by atoms with Crippen LogP contribution in [0.1, 0.15) is 5.56 Å². The molecule has 2 aromatic heterocycles. The van der Waals surface area contributed by atoms with Gasteiger partial charge in [-0.25, -0.2) is 15.0 Å². The molecule has 0 unspecified atom stereocenters. The summed E-state index contributed by atoms with van der Waals surface area (Å²) in [5.74, 6) is 0.218. The number of carbonyl (C=O) groups is 1. The van der Waals surface area contributed by atoms with Crippen LogP contribution in [0, 0.1) is 6.92 Å². The lowest BCUT2D eigenvalue weighted by molar-refractivity contribution is -0.116. The molecule has 1 amide bonds. The van der Waals surface area contributed by atoms with E-state index in [4.69, 9.17) is 0 Å². The molecule has 7 nitrogen and oxygen atoms in total. The summed E-state index contributed by atoms with van der Waals surface area (Å²) in [6.45, 7) is 1.75. The fourth-order valence-electron chi connectivity index (χ4n) is 2.93. The number of carbonyl (C=O) groups excluding carboxylic acids is 1. The molecule has 0 aliphatic heterocycles. The number of rotatable bonds is 4. The monoisotopic (exact) mass is 371 g/mol. The number of hydrogen-bond donors (Lipinski definition) is 1. The van der Waals surface area contributed by atoms with Crippen LogP contribution in [0.5, 0.6) is 0 Å². The van der Waals surface area contributed by atoms with E-state index in [2.05, 4.69) is 20.3 Å². The van der Waals surface area contributed by atoms with Crippen molar-refractivity contribution in [2.45, 2.75) is 13.5 Å². The summed E-state index contributed by atoms with van der Waals surface area (Å²) in [6, 6.07) is 15.0. The highest BCUT2D eigenvalue weighted by Gasteiger charge is 2.10. The number of hydrogen-bond acceptors (Lipinski definition) is 5. The summed E-state index contributed by atoms with van der Waals surface area (Å²) in [6.07, 6.45) is 4.47. The van der Waals surface area contributed by atoms with E-state index < -0.39 is 0 Å². The van der Waals surface area contributed by atoms with Gasteiger partial charge in [-0.2, -0.15) is 0 Å². The summed E-state index contributed by atoms with van der Waals surface area (Å²) in [7, 11) is 0. The first-order chi connectivity index (χ1) is 13.6. The molecule has 2 aromatic carbocycles. The first kappa shape index (κ1) is 17.5. The minimum Gasteiger partial charge on any atom is -0.322 e. The Kier molecular flexibility index (Phi) is 4.63. The Bertz CT molecular complexity index is 1200. The van der Waals surface area contributed by atoms with E-state index in [1.54, 1.807) is 12.1 Å². The van der Waals surface area contributed by atoms with Gasteiger partial charge in [-0.3, -0.25) is 14.2 Å². The van der Waals surface area contributed by atoms with Crippen molar-refractivity contribution in [1.29, 1.82) is 0 Å². The molecule has 0 aliphatic rings. The smallest absolute Gasteiger partial charge is 0.261 e. The van der Waals surface area contributed by atoms with Crippen molar-refractivity contribution < 1.29 is 4.79 Å². The van der Waals surface area contributed by atoms with Gasteiger partial charge < -0.3 is 5.32 Å². The molecular formula is C21H17N5O2. The first-order valence-corrected chi connectivity index (χ1v) is 8.74. The zero-order chi connectivity index (χ0) is 19.5. The SMILES string of the molecule is Cc1cccc2c(=O)n(CC(=O)Nc3cnc(-c4ccccc4)nc3)cnc12. The van der Waals surface area contributed by atoms with Crippen molar-refractivity contribution in [1.82, 2.24) is 19.5 Å². The van der Waals surface area contributed by atoms with E-state index >= 15 is 0 Å². The highest BCUT2D eigenvalue weighted by Crippen LogP contribution is 2.15. The number of nitrogens with zero attached hydrogens (tertiary/aromatic N) is 4. The molecule has 0 saturated heterocycles. The van der Waals surface area contributed by atoms with Crippen LogP contribution in [-0.2, 0) is 11.3 Å². The topological polar surface area (TPSA) is 89.8 Å². The van der Waals surface area contributed by atoms with Crippen molar-refractivity contribution in [3.63, 3.8) is 0 Å². The third-order valence-electron chi connectivity index (χ3n) is 4.34. The minimum atomic E-state index is -0.355. The predicted molar refractivity (Wildman–Crippen MR) is 107 cm³/mol. The van der Waals surface area contributed by atoms with Crippen LogP contribution in [-0.4, -0.2) is 25.4 Å². The van der Waals surface area contributed by atoms with Crippen LogP contribution < -0.4 is 10.9 Å². The maximum atomic E-state index is 12.6. The van der Waals surface area contributed by atoms with Gasteiger partial charge in [-0.1, -0.05) is 42.5 Å². The van der Waals surface area contributed by atoms with Crippen LogP contribution in [0.2, 0.25) is 0 Å². The maximum Gasteiger partial charge on any atom is 0.261 e.